The molecule has 0 bridgehead atoms. The molecule has 52 heavy (non-hydrogen) atoms. The van der Waals surface area contributed by atoms with Gasteiger partial charge >= 0.3 is 0 Å². The van der Waals surface area contributed by atoms with E-state index in [0.29, 0.717) is 16.8 Å². The fourth-order valence-corrected chi connectivity index (χ4v) is 8.80. The molecule has 0 atom stereocenters. The summed E-state index contributed by atoms with van der Waals surface area (Å²) in [6, 6.07) is 28.2. The van der Waals surface area contributed by atoms with Crippen molar-refractivity contribution in [1.82, 2.24) is 0 Å². The lowest BCUT2D eigenvalue weighted by atomic mass is 9.99. The molecule has 0 spiro atoms. The molecular formula is C48H45NO2S. The van der Waals surface area contributed by atoms with Crippen LogP contribution in [0.2, 0.25) is 0 Å². The molecule has 0 saturated heterocycles. The van der Waals surface area contributed by atoms with Gasteiger partial charge in [-0.2, -0.15) is 9.21 Å². The van der Waals surface area contributed by atoms with Crippen LogP contribution in [0.4, 0.5) is 5.69 Å². The Morgan fingerprint density at radius 1 is 0.596 bits per heavy atom. The van der Waals surface area contributed by atoms with Crippen LogP contribution in [0.3, 0.4) is 0 Å². The summed E-state index contributed by atoms with van der Waals surface area (Å²) in [5, 5.41) is 0. The summed E-state index contributed by atoms with van der Waals surface area (Å²) in [7, 11) is -1.93. The number of nitrogens with zero attached hydrogens (tertiary/aromatic N) is 1. The quantitative estimate of drug-likeness (QED) is 0.142. The van der Waals surface area contributed by atoms with Crippen LogP contribution in [0.1, 0.15) is 80.6 Å². The second kappa shape index (κ2) is 14.7. The number of benzene rings is 4. The zero-order valence-electron chi connectivity index (χ0n) is 30.0. The van der Waals surface area contributed by atoms with Gasteiger partial charge < -0.3 is 0 Å². The molecule has 4 aromatic rings. The van der Waals surface area contributed by atoms with Crippen LogP contribution in [0.15, 0.2) is 155 Å². The standard InChI is InChI=1S/C34H29NO2S.C14H16/c1-22-18-23(2)31-20-27(14-16-29(22)31)38(3,4)28-15-17-30-32(21-28)34(37)35(33(30)36)26-12-10-25(11-13-26)19-24-8-6-5-7-9-24;1-12-7-9-14(10-8-12)11-13-5-3-2-4-6-13/h6,8-17,20-21H,1-5,7,18-19H2;3,5-10H,2,4,11H2,1H3. The van der Waals surface area contributed by atoms with E-state index in [1.54, 1.807) is 6.07 Å². The molecule has 4 aromatic carbocycles. The number of hydrogen-bond donors (Lipinski definition) is 0. The zero-order valence-corrected chi connectivity index (χ0v) is 30.8. The molecule has 0 unspecified atom stereocenters. The Bertz CT molecular complexity index is 2350. The predicted molar refractivity (Wildman–Crippen MR) is 223 cm³/mol. The molecule has 3 nitrogen and oxygen atoms in total. The van der Waals surface area contributed by atoms with Crippen LogP contribution in [-0.4, -0.2) is 23.6 Å². The molecule has 0 radical (unpaired) electrons. The van der Waals surface area contributed by atoms with Gasteiger partial charge in [0.1, 0.15) is 0 Å². The summed E-state index contributed by atoms with van der Waals surface area (Å²) in [6.45, 7) is 10.5. The second-order valence-corrected chi connectivity index (χ2v) is 16.9. The third kappa shape index (κ3) is 7.17. The van der Waals surface area contributed by atoms with E-state index in [-0.39, 0.29) is 11.8 Å². The maximum absolute atomic E-state index is 13.5. The van der Waals surface area contributed by atoms with Gasteiger partial charge in [-0.15, -0.1) is 0 Å². The van der Waals surface area contributed by atoms with Crippen LogP contribution >= 0.6 is 9.21 Å². The molecule has 4 aliphatic rings. The molecule has 4 heteroatoms. The first-order valence-corrected chi connectivity index (χ1v) is 19.9. The van der Waals surface area contributed by atoms with Gasteiger partial charge in [0.2, 0.25) is 0 Å². The van der Waals surface area contributed by atoms with E-state index >= 15 is 0 Å². The highest BCUT2D eigenvalue weighted by Gasteiger charge is 2.37. The van der Waals surface area contributed by atoms with Gasteiger partial charge in [0.15, 0.2) is 0 Å². The highest BCUT2D eigenvalue weighted by atomic mass is 32.2. The van der Waals surface area contributed by atoms with E-state index in [9.17, 15) is 9.59 Å². The number of aryl methyl sites for hydroxylation is 1. The Balaban J connectivity index is 0.000000251. The molecular weight excluding hydrogens is 655 g/mol. The lowest BCUT2D eigenvalue weighted by Crippen LogP contribution is -2.29. The van der Waals surface area contributed by atoms with E-state index in [2.05, 4.69) is 105 Å². The molecule has 8 rings (SSSR count). The van der Waals surface area contributed by atoms with Crippen molar-refractivity contribution in [3.05, 3.63) is 185 Å². The maximum atomic E-state index is 13.5. The van der Waals surface area contributed by atoms with Gasteiger partial charge in [-0.1, -0.05) is 109 Å². The van der Waals surface area contributed by atoms with Gasteiger partial charge in [-0.25, -0.2) is 4.90 Å². The van der Waals surface area contributed by atoms with Gasteiger partial charge in [0, 0.05) is 9.79 Å². The first-order valence-electron chi connectivity index (χ1n) is 18.0. The number of carbonyl (C=O) groups is 2. The predicted octanol–water partition coefficient (Wildman–Crippen LogP) is 11.6. The van der Waals surface area contributed by atoms with Crippen LogP contribution in [-0.2, 0) is 12.8 Å². The second-order valence-electron chi connectivity index (χ2n) is 14.2. The number of imide groups is 1. The van der Waals surface area contributed by atoms with E-state index in [4.69, 9.17) is 0 Å². The average Bonchev–Trinajstić information content (AvgIpc) is 3.59. The van der Waals surface area contributed by atoms with Crippen molar-refractivity contribution in [2.24, 2.45) is 0 Å². The Morgan fingerprint density at radius 3 is 1.65 bits per heavy atom. The largest absolute Gasteiger partial charge is 0.268 e. The minimum atomic E-state index is -1.93. The lowest BCUT2D eigenvalue weighted by Gasteiger charge is -2.18. The first-order chi connectivity index (χ1) is 25.1. The van der Waals surface area contributed by atoms with E-state index in [1.165, 1.54) is 40.0 Å². The van der Waals surface area contributed by atoms with E-state index in [0.717, 1.165) is 69.7 Å². The molecule has 0 saturated carbocycles. The Hall–Kier alpha value is -5.45. The number of anilines is 1. The molecule has 0 aromatic heterocycles. The Labute approximate surface area is 309 Å². The normalized spacial score (nSPS) is 16.3. The summed E-state index contributed by atoms with van der Waals surface area (Å²) in [5.41, 5.74) is 12.4. The number of allylic oxidation sites excluding steroid dienone is 10. The zero-order chi connectivity index (χ0) is 36.4. The van der Waals surface area contributed by atoms with Gasteiger partial charge in [0.25, 0.3) is 11.8 Å². The summed E-state index contributed by atoms with van der Waals surface area (Å²) in [5.74, 6) is 8.35. The molecule has 260 valence electrons. The van der Waals surface area contributed by atoms with Crippen molar-refractivity contribution in [3.8, 4) is 0 Å². The number of rotatable bonds is 7. The van der Waals surface area contributed by atoms with Crippen molar-refractivity contribution < 1.29 is 9.59 Å². The number of fused-ring (bicyclic) bond motifs is 2. The monoisotopic (exact) mass is 699 g/mol. The van der Waals surface area contributed by atoms with Crippen molar-refractivity contribution in [2.75, 3.05) is 4.90 Å². The minimum absolute atomic E-state index is 0.303. The van der Waals surface area contributed by atoms with Crippen LogP contribution in [0.25, 0.3) is 11.1 Å². The van der Waals surface area contributed by atoms with Crippen molar-refractivity contribution >= 4 is 49.6 Å². The Morgan fingerprint density at radius 2 is 1.10 bits per heavy atom. The molecule has 0 N–H and O–H groups in total. The number of amides is 2. The molecule has 0 fully saturated rings. The fraction of sp³-hybridized carbons (Fsp3) is 0.167. The molecule has 2 amide bonds. The number of hydrogen-bond acceptors (Lipinski definition) is 2. The highest BCUT2D eigenvalue weighted by Crippen LogP contribution is 2.47. The topological polar surface area (TPSA) is 37.4 Å². The van der Waals surface area contributed by atoms with Crippen molar-refractivity contribution in [3.63, 3.8) is 0 Å². The highest BCUT2D eigenvalue weighted by molar-refractivity contribution is 8.27. The summed E-state index contributed by atoms with van der Waals surface area (Å²) in [6.07, 6.45) is 20.8. The van der Waals surface area contributed by atoms with E-state index < -0.39 is 9.21 Å². The van der Waals surface area contributed by atoms with Crippen molar-refractivity contribution in [2.45, 2.75) is 61.7 Å². The summed E-state index contributed by atoms with van der Waals surface area (Å²) in [4.78, 5) is 29.9. The van der Waals surface area contributed by atoms with Crippen LogP contribution in [0, 0.1) is 6.92 Å². The summed E-state index contributed by atoms with van der Waals surface area (Å²) >= 11 is 0. The minimum Gasteiger partial charge on any atom is -0.268 e. The first kappa shape index (κ1) is 35.0. The third-order valence-corrected chi connectivity index (χ3v) is 12.5. The third-order valence-electron chi connectivity index (χ3n) is 10.2. The Kier molecular flexibility index (Phi) is 9.85. The molecule has 3 aliphatic carbocycles. The summed E-state index contributed by atoms with van der Waals surface area (Å²) < 4.78 is 0. The average molecular weight is 700 g/mol. The maximum Gasteiger partial charge on any atom is 0.266 e. The van der Waals surface area contributed by atoms with Gasteiger partial charge in [-0.3, -0.25) is 9.59 Å². The van der Waals surface area contributed by atoms with E-state index in [1.807, 2.05) is 42.5 Å². The number of carbonyl (C=O) groups excluding carboxylic acids is 2. The van der Waals surface area contributed by atoms with Gasteiger partial charge in [-0.05, 0) is 139 Å². The molecule has 1 aliphatic heterocycles. The van der Waals surface area contributed by atoms with Crippen LogP contribution < -0.4 is 4.90 Å². The smallest absolute Gasteiger partial charge is 0.266 e. The van der Waals surface area contributed by atoms with Crippen LogP contribution in [0.5, 0.6) is 0 Å². The van der Waals surface area contributed by atoms with Gasteiger partial charge in [0.05, 0.1) is 16.8 Å². The van der Waals surface area contributed by atoms with Crippen molar-refractivity contribution in [1.29, 1.82) is 0 Å². The lowest BCUT2D eigenvalue weighted by molar-refractivity contribution is 0.0926. The SMILES string of the molecule is C=C1CC(=C)c2cc(S(=C)(=C)c3ccc4c(c3)C(=O)N(c3ccc(CC5=CCCC=C5)cc3)C4=O)ccc21.Cc1ccc(CC2=CCCC=C2)cc1. The molecule has 1 heterocycles. The fourth-order valence-electron chi connectivity index (χ4n) is 7.19.